The van der Waals surface area contributed by atoms with Crippen LogP contribution < -0.4 is 30.4 Å². The van der Waals surface area contributed by atoms with Gasteiger partial charge in [-0.1, -0.05) is 63.1 Å². The highest BCUT2D eigenvalue weighted by Gasteiger charge is 2.18. The molecule has 4 aromatic rings. The van der Waals surface area contributed by atoms with Crippen LogP contribution in [0.25, 0.3) is 12.2 Å². The average molecular weight is 937 g/mol. The molecule has 15 heteroatoms. The first kappa shape index (κ1) is 53.3. The second-order valence-electron chi connectivity index (χ2n) is 15.7. The molecule has 0 unspecified atom stereocenters. The first-order chi connectivity index (χ1) is 33.0. The van der Waals surface area contributed by atoms with Crippen LogP contribution in [0.4, 0.5) is 11.4 Å². The van der Waals surface area contributed by atoms with Gasteiger partial charge in [0.25, 0.3) is 0 Å². The topological polar surface area (TPSA) is 211 Å². The Balaban J connectivity index is 1.20. The van der Waals surface area contributed by atoms with Crippen molar-refractivity contribution in [2.24, 2.45) is 0 Å². The third-order valence-corrected chi connectivity index (χ3v) is 10.5. The molecular formula is C53H64N2O13. The number of ether oxygens (including phenoxy) is 8. The summed E-state index contributed by atoms with van der Waals surface area (Å²) in [6.45, 7) is 1.40. The lowest BCUT2D eigenvalue weighted by molar-refractivity contribution is -0.135. The number of anilines is 2. The summed E-state index contributed by atoms with van der Waals surface area (Å²) in [5.74, 6) is -0.957. The molecule has 0 spiro atoms. The smallest absolute Gasteiger partial charge is 0.343 e. The first-order valence-corrected chi connectivity index (χ1v) is 22.9. The predicted octanol–water partition coefficient (Wildman–Crippen LogP) is 9.99. The number of nitrogens with two attached hydrogens (primary N) is 2. The summed E-state index contributed by atoms with van der Waals surface area (Å²) in [5.41, 5.74) is 14.6. The molecule has 0 aliphatic rings. The normalized spacial score (nSPS) is 11.0. The van der Waals surface area contributed by atoms with Gasteiger partial charge in [-0.05, 0) is 122 Å². The fourth-order valence-electron chi connectivity index (χ4n) is 6.77. The molecule has 4 aromatic carbocycles. The zero-order valence-electron chi connectivity index (χ0n) is 39.3. The van der Waals surface area contributed by atoms with E-state index in [-0.39, 0.29) is 23.5 Å². The summed E-state index contributed by atoms with van der Waals surface area (Å²) in [7, 11) is 4.16. The van der Waals surface area contributed by atoms with E-state index in [2.05, 4.69) is 9.47 Å². The van der Waals surface area contributed by atoms with E-state index < -0.39 is 29.8 Å². The molecule has 15 nitrogen and oxygen atoms in total. The van der Waals surface area contributed by atoms with Crippen LogP contribution in [0.5, 0.6) is 23.0 Å². The van der Waals surface area contributed by atoms with Gasteiger partial charge in [0, 0.05) is 23.5 Å². The number of methoxy groups -OCH3 is 3. The average Bonchev–Trinajstić information content (AvgIpc) is 3.34. The summed E-state index contributed by atoms with van der Waals surface area (Å²) < 4.78 is 43.4. The van der Waals surface area contributed by atoms with Gasteiger partial charge in [-0.25, -0.2) is 24.0 Å². The zero-order chi connectivity index (χ0) is 48.9. The van der Waals surface area contributed by atoms with Crippen molar-refractivity contribution in [3.63, 3.8) is 0 Å². The van der Waals surface area contributed by atoms with Gasteiger partial charge in [0.1, 0.15) is 17.1 Å². The maximum atomic E-state index is 13.5. The molecule has 0 aromatic heterocycles. The Labute approximate surface area is 398 Å². The number of esters is 5. The number of hydrogen-bond acceptors (Lipinski definition) is 15. The summed E-state index contributed by atoms with van der Waals surface area (Å²) in [6, 6.07) is 21.2. The Morgan fingerprint density at radius 3 is 1.50 bits per heavy atom. The van der Waals surface area contributed by atoms with Gasteiger partial charge in [-0.15, -0.1) is 0 Å². The van der Waals surface area contributed by atoms with Crippen molar-refractivity contribution in [3.8, 4) is 23.0 Å². The Kier molecular flexibility index (Phi) is 23.6. The lowest BCUT2D eigenvalue weighted by Gasteiger charge is -2.14. The molecular weight excluding hydrogens is 873 g/mol. The highest BCUT2D eigenvalue weighted by molar-refractivity contribution is 5.95. The fraction of sp³-hybridized carbons (Fsp3) is 0.377. The summed E-state index contributed by atoms with van der Waals surface area (Å²) in [4.78, 5) is 61.6. The highest BCUT2D eigenvalue weighted by Crippen LogP contribution is 2.30. The molecule has 0 radical (unpaired) electrons. The van der Waals surface area contributed by atoms with Crippen LogP contribution in [0.2, 0.25) is 0 Å². The van der Waals surface area contributed by atoms with Gasteiger partial charge >= 0.3 is 29.8 Å². The van der Waals surface area contributed by atoms with E-state index in [1.165, 1.54) is 32.4 Å². The number of carbonyl (C=O) groups is 5. The molecule has 0 saturated carbocycles. The number of hydrogen-bond donors (Lipinski definition) is 2. The van der Waals surface area contributed by atoms with Gasteiger partial charge in [-0.2, -0.15) is 0 Å². The Hall–Kier alpha value is -7.29. The third kappa shape index (κ3) is 19.7. The standard InChI is InChI=1S/C53H64N2O13/c1-61-48-33-39(21-28-50(57)63-3)19-25-47(48)65-30-14-12-11-13-29-64-46-26-24-44(68-52(59)40-22-17-38(18-23-40)20-27-49(56)62-2)37-45(46)53(60)67-32-16-10-8-6-4-5-7-9-15-31-66-51(58)41-34-42(54)36-43(55)35-41/h17-28,33-37H,4-16,29-32,54-55H2,1-3H3. The second kappa shape index (κ2) is 30.1. The number of rotatable bonds is 30. The number of carbonyl (C=O) groups excluding carboxylic acids is 5. The first-order valence-electron chi connectivity index (χ1n) is 22.9. The molecule has 364 valence electrons. The van der Waals surface area contributed by atoms with Crippen LogP contribution >= 0.6 is 0 Å². The lowest BCUT2D eigenvalue weighted by Crippen LogP contribution is -2.12. The van der Waals surface area contributed by atoms with E-state index >= 15 is 0 Å². The SMILES string of the molecule is COC(=O)C=Cc1ccc(C(=O)Oc2ccc(OCCCCCCOc3ccc(C=CC(=O)OC)cc3OC)c(C(=O)OCCCCCCCCCCCOC(=O)c3cc(N)cc(N)c3)c2)cc1. The Bertz CT molecular complexity index is 2290. The molecule has 0 amide bonds. The molecule has 4 rings (SSSR count). The van der Waals surface area contributed by atoms with Crippen molar-refractivity contribution in [2.45, 2.75) is 83.5 Å². The van der Waals surface area contributed by atoms with Crippen LogP contribution in [0.1, 0.15) is 126 Å². The fourth-order valence-corrected chi connectivity index (χ4v) is 6.77. The van der Waals surface area contributed by atoms with E-state index in [9.17, 15) is 24.0 Å². The molecule has 68 heavy (non-hydrogen) atoms. The maximum absolute atomic E-state index is 13.5. The number of unbranched alkanes of at least 4 members (excludes halogenated alkanes) is 11. The minimum absolute atomic E-state index is 0.150. The molecule has 0 atom stereocenters. The van der Waals surface area contributed by atoms with E-state index in [0.29, 0.717) is 66.0 Å². The van der Waals surface area contributed by atoms with Crippen LogP contribution in [0, 0.1) is 0 Å². The molecule has 0 saturated heterocycles. The molecule has 0 heterocycles. The van der Waals surface area contributed by atoms with Gasteiger partial charge < -0.3 is 49.4 Å². The lowest BCUT2D eigenvalue weighted by atomic mass is 10.1. The van der Waals surface area contributed by atoms with Gasteiger partial charge in [-0.3, -0.25) is 0 Å². The molecule has 0 aliphatic heterocycles. The number of benzene rings is 4. The van der Waals surface area contributed by atoms with Gasteiger partial charge in [0.05, 0.1) is 58.9 Å². The van der Waals surface area contributed by atoms with Crippen molar-refractivity contribution < 1.29 is 61.9 Å². The van der Waals surface area contributed by atoms with E-state index in [1.54, 1.807) is 86.0 Å². The molecule has 4 N–H and O–H groups in total. The quantitative estimate of drug-likeness (QED) is 0.0124. The van der Waals surface area contributed by atoms with Crippen LogP contribution in [-0.4, -0.2) is 77.6 Å². The molecule has 0 aliphatic carbocycles. The van der Waals surface area contributed by atoms with Crippen LogP contribution in [-0.2, 0) is 28.5 Å². The monoisotopic (exact) mass is 936 g/mol. The van der Waals surface area contributed by atoms with Crippen molar-refractivity contribution in [1.82, 2.24) is 0 Å². The summed E-state index contributed by atoms with van der Waals surface area (Å²) >= 11 is 0. The minimum atomic E-state index is -0.629. The maximum Gasteiger partial charge on any atom is 0.343 e. The van der Waals surface area contributed by atoms with Crippen LogP contribution in [0.3, 0.4) is 0 Å². The zero-order valence-corrected chi connectivity index (χ0v) is 39.3. The number of nitrogen functional groups attached to an aromatic ring is 2. The van der Waals surface area contributed by atoms with Crippen molar-refractivity contribution in [2.75, 3.05) is 59.2 Å². The van der Waals surface area contributed by atoms with Crippen LogP contribution in [0.15, 0.2) is 91.0 Å². The van der Waals surface area contributed by atoms with E-state index in [0.717, 1.165) is 82.6 Å². The molecule has 0 bridgehead atoms. The van der Waals surface area contributed by atoms with Crippen molar-refractivity contribution in [3.05, 3.63) is 119 Å². The second-order valence-corrected chi connectivity index (χ2v) is 15.7. The minimum Gasteiger partial charge on any atom is -0.493 e. The Morgan fingerprint density at radius 1 is 0.456 bits per heavy atom. The Morgan fingerprint density at radius 2 is 0.941 bits per heavy atom. The van der Waals surface area contributed by atoms with Gasteiger partial charge in [0.2, 0.25) is 0 Å². The predicted molar refractivity (Wildman–Crippen MR) is 260 cm³/mol. The van der Waals surface area contributed by atoms with Gasteiger partial charge in [0.15, 0.2) is 11.5 Å². The van der Waals surface area contributed by atoms with E-state index in [1.807, 2.05) is 6.07 Å². The van der Waals surface area contributed by atoms with Crippen molar-refractivity contribution in [1.29, 1.82) is 0 Å². The largest absolute Gasteiger partial charge is 0.493 e. The molecule has 0 fully saturated rings. The van der Waals surface area contributed by atoms with Crippen molar-refractivity contribution >= 4 is 53.4 Å². The van der Waals surface area contributed by atoms with E-state index in [4.69, 9.17) is 39.9 Å². The third-order valence-electron chi connectivity index (χ3n) is 10.5. The highest BCUT2D eigenvalue weighted by atomic mass is 16.6. The summed E-state index contributed by atoms with van der Waals surface area (Å²) in [6.07, 6.45) is 17.7. The summed E-state index contributed by atoms with van der Waals surface area (Å²) in [5, 5.41) is 0.